The second kappa shape index (κ2) is 18.3. The van der Waals surface area contributed by atoms with Crippen molar-refractivity contribution in [3.8, 4) is 89.7 Å². The first-order chi connectivity index (χ1) is 37.2. The summed E-state index contributed by atoms with van der Waals surface area (Å²) >= 11 is 0. The van der Waals surface area contributed by atoms with Crippen LogP contribution in [0.15, 0.2) is 285 Å². The molecule has 0 saturated carbocycles. The van der Waals surface area contributed by atoms with E-state index in [4.69, 9.17) is 15.0 Å². The molecule has 0 bridgehead atoms. The van der Waals surface area contributed by atoms with Gasteiger partial charge < -0.3 is 0 Å². The summed E-state index contributed by atoms with van der Waals surface area (Å²) in [5.41, 5.74) is 21.7. The fraction of sp³-hybridized carbons (Fsp3) is 0.0139. The fourth-order valence-electron chi connectivity index (χ4n) is 11.6. The van der Waals surface area contributed by atoms with Crippen molar-refractivity contribution in [2.24, 2.45) is 0 Å². The van der Waals surface area contributed by atoms with E-state index in [-0.39, 0.29) is 0 Å². The van der Waals surface area contributed by atoms with Gasteiger partial charge in [-0.2, -0.15) is 0 Å². The first kappa shape index (κ1) is 43.9. The van der Waals surface area contributed by atoms with Gasteiger partial charge in [0.2, 0.25) is 0 Å². The molecule has 11 aromatic carbocycles. The van der Waals surface area contributed by atoms with Crippen LogP contribution in [0.1, 0.15) is 22.3 Å². The van der Waals surface area contributed by atoms with Gasteiger partial charge in [0.1, 0.15) is 0 Å². The Morgan fingerprint density at radius 1 is 0.240 bits per heavy atom. The fourth-order valence-corrected chi connectivity index (χ4v) is 11.6. The lowest BCUT2D eigenvalue weighted by Crippen LogP contribution is -2.28. The van der Waals surface area contributed by atoms with Gasteiger partial charge in [0.25, 0.3) is 0 Å². The van der Waals surface area contributed by atoms with E-state index in [0.29, 0.717) is 5.82 Å². The van der Waals surface area contributed by atoms with Gasteiger partial charge in [0.05, 0.1) is 28.0 Å². The molecule has 0 spiro atoms. The molecule has 0 fully saturated rings. The van der Waals surface area contributed by atoms with E-state index in [1.165, 1.54) is 49.9 Å². The SMILES string of the molecule is c1ccc(-c2ccc(-c3cc(-c4ccc(-c5cccc(-c6nc7ccccc7c7cc8c(cc67)-c6ccccc6C8(c6ccccc6)c6ccccc6)c5)cc4)nc(-c4ccc(-c5ccccc5)cc4)n3)cc2)cc1. The normalized spacial score (nSPS) is 12.4. The van der Waals surface area contributed by atoms with Crippen molar-refractivity contribution in [3.05, 3.63) is 307 Å². The zero-order valence-electron chi connectivity index (χ0n) is 41.0. The minimum Gasteiger partial charge on any atom is -0.247 e. The lowest BCUT2D eigenvalue weighted by Gasteiger charge is -2.34. The highest BCUT2D eigenvalue weighted by atomic mass is 14.9. The topological polar surface area (TPSA) is 38.7 Å². The maximum atomic E-state index is 5.49. The number of benzene rings is 11. The van der Waals surface area contributed by atoms with Gasteiger partial charge in [-0.15, -0.1) is 0 Å². The van der Waals surface area contributed by atoms with E-state index in [1.807, 2.05) is 12.1 Å². The molecule has 0 saturated heterocycles. The molecule has 3 heteroatoms. The Kier molecular flexibility index (Phi) is 10.7. The summed E-state index contributed by atoms with van der Waals surface area (Å²) in [6, 6.07) is 102. The van der Waals surface area contributed by atoms with E-state index < -0.39 is 5.41 Å². The molecule has 0 radical (unpaired) electrons. The van der Waals surface area contributed by atoms with Gasteiger partial charge in [0, 0.05) is 33.0 Å². The molecule has 14 rings (SSSR count). The predicted molar refractivity (Wildman–Crippen MR) is 310 cm³/mol. The number of aromatic nitrogens is 3. The molecule has 75 heavy (non-hydrogen) atoms. The van der Waals surface area contributed by atoms with E-state index in [9.17, 15) is 0 Å². The molecule has 0 amide bonds. The summed E-state index contributed by atoms with van der Waals surface area (Å²) in [6.07, 6.45) is 0. The predicted octanol–water partition coefficient (Wildman–Crippen LogP) is 18.2. The van der Waals surface area contributed by atoms with Gasteiger partial charge in [-0.25, -0.2) is 15.0 Å². The number of hydrogen-bond acceptors (Lipinski definition) is 3. The minimum absolute atomic E-state index is 0.504. The Hall–Kier alpha value is -9.83. The molecular weight excluding hydrogens is 907 g/mol. The van der Waals surface area contributed by atoms with E-state index >= 15 is 0 Å². The third kappa shape index (κ3) is 7.64. The Morgan fingerprint density at radius 3 is 1.29 bits per heavy atom. The van der Waals surface area contributed by atoms with Gasteiger partial charge in [-0.3, -0.25) is 0 Å². The van der Waals surface area contributed by atoms with Crippen LogP contribution < -0.4 is 0 Å². The maximum absolute atomic E-state index is 5.49. The molecule has 0 N–H and O–H groups in total. The van der Waals surface area contributed by atoms with E-state index in [2.05, 4.69) is 273 Å². The van der Waals surface area contributed by atoms with Crippen LogP contribution in [0, 0.1) is 0 Å². The van der Waals surface area contributed by atoms with Gasteiger partial charge in [-0.1, -0.05) is 255 Å². The summed E-state index contributed by atoms with van der Waals surface area (Å²) in [6.45, 7) is 0. The number of nitrogens with zero attached hydrogens (tertiary/aromatic N) is 3. The van der Waals surface area contributed by atoms with Crippen LogP contribution in [0.5, 0.6) is 0 Å². The summed E-state index contributed by atoms with van der Waals surface area (Å²) < 4.78 is 0. The Morgan fingerprint density at radius 2 is 0.693 bits per heavy atom. The molecule has 1 aliphatic rings. The van der Waals surface area contributed by atoms with Crippen LogP contribution in [-0.4, -0.2) is 15.0 Å². The average molecular weight is 954 g/mol. The largest absolute Gasteiger partial charge is 0.247 e. The molecule has 0 aliphatic heterocycles. The Balaban J connectivity index is 0.863. The van der Waals surface area contributed by atoms with Gasteiger partial charge >= 0.3 is 0 Å². The van der Waals surface area contributed by atoms with Crippen molar-refractivity contribution in [2.45, 2.75) is 5.41 Å². The molecule has 0 atom stereocenters. The Bertz CT molecular complexity index is 4090. The molecule has 2 aromatic heterocycles. The quantitative estimate of drug-likeness (QED) is 0.135. The number of rotatable bonds is 9. The molecule has 13 aromatic rings. The molecule has 350 valence electrons. The smallest absolute Gasteiger partial charge is 0.160 e. The van der Waals surface area contributed by atoms with Crippen molar-refractivity contribution in [1.29, 1.82) is 0 Å². The molecule has 2 heterocycles. The van der Waals surface area contributed by atoms with Crippen molar-refractivity contribution < 1.29 is 0 Å². The monoisotopic (exact) mass is 953 g/mol. The van der Waals surface area contributed by atoms with Crippen LogP contribution in [0.2, 0.25) is 0 Å². The van der Waals surface area contributed by atoms with Crippen LogP contribution in [-0.2, 0) is 5.41 Å². The van der Waals surface area contributed by atoms with Crippen molar-refractivity contribution in [2.75, 3.05) is 0 Å². The van der Waals surface area contributed by atoms with Crippen LogP contribution in [0.4, 0.5) is 0 Å². The highest BCUT2D eigenvalue weighted by molar-refractivity contribution is 6.13. The van der Waals surface area contributed by atoms with Crippen LogP contribution in [0.25, 0.3) is 111 Å². The summed E-state index contributed by atoms with van der Waals surface area (Å²) in [5.74, 6) is 0.682. The lowest BCUT2D eigenvalue weighted by molar-refractivity contribution is 0.769. The number of pyridine rings is 1. The zero-order valence-corrected chi connectivity index (χ0v) is 41.0. The highest BCUT2D eigenvalue weighted by Crippen LogP contribution is 2.57. The standard InChI is InChI=1S/C72H47N3/c1-5-18-48(19-6-1)50-32-38-53(39-33-50)68-47-69(75-71(74-68)55-42-36-51(37-43-55)49-20-7-2-8-21-49)54-40-34-52(35-41-54)56-22-17-23-57(44-56)70-64-45-63-60-28-13-15-30-65(60)72(58-24-9-3-10-25-58,59-26-11-4-12-27-59)66(63)46-62(64)61-29-14-16-31-67(61)73-70/h1-47H. The van der Waals surface area contributed by atoms with Crippen molar-refractivity contribution >= 4 is 21.7 Å². The first-order valence-electron chi connectivity index (χ1n) is 25.7. The first-order valence-corrected chi connectivity index (χ1v) is 25.7. The summed E-state index contributed by atoms with van der Waals surface area (Å²) in [5, 5.41) is 3.46. The Labute approximate surface area is 436 Å². The maximum Gasteiger partial charge on any atom is 0.160 e. The van der Waals surface area contributed by atoms with Crippen molar-refractivity contribution in [1.82, 2.24) is 15.0 Å². The second-order valence-corrected chi connectivity index (χ2v) is 19.5. The molecule has 1 aliphatic carbocycles. The number of fused-ring (bicyclic) bond motifs is 6. The average Bonchev–Trinajstić information content (AvgIpc) is 3.81. The number of hydrogen-bond donors (Lipinski definition) is 0. The van der Waals surface area contributed by atoms with Gasteiger partial charge in [0.15, 0.2) is 5.82 Å². The lowest BCUT2D eigenvalue weighted by atomic mass is 9.67. The van der Waals surface area contributed by atoms with Gasteiger partial charge in [-0.05, 0) is 102 Å². The molecular formula is C72H47N3. The second-order valence-electron chi connectivity index (χ2n) is 19.5. The van der Waals surface area contributed by atoms with Crippen LogP contribution >= 0.6 is 0 Å². The summed E-state index contributed by atoms with van der Waals surface area (Å²) in [4.78, 5) is 15.9. The third-order valence-corrected chi connectivity index (χ3v) is 15.2. The molecule has 0 unspecified atom stereocenters. The van der Waals surface area contributed by atoms with E-state index in [0.717, 1.165) is 77.9 Å². The van der Waals surface area contributed by atoms with Crippen molar-refractivity contribution in [3.63, 3.8) is 0 Å². The third-order valence-electron chi connectivity index (χ3n) is 15.2. The molecule has 3 nitrogen and oxygen atoms in total. The minimum atomic E-state index is -0.504. The number of para-hydroxylation sites is 1. The van der Waals surface area contributed by atoms with Crippen LogP contribution in [0.3, 0.4) is 0 Å². The highest BCUT2D eigenvalue weighted by Gasteiger charge is 2.46. The zero-order chi connectivity index (χ0) is 49.7. The summed E-state index contributed by atoms with van der Waals surface area (Å²) in [7, 11) is 0. The van der Waals surface area contributed by atoms with E-state index in [1.54, 1.807) is 0 Å².